The van der Waals surface area contributed by atoms with Crippen molar-refractivity contribution in [1.29, 1.82) is 0 Å². The number of hydrogen-bond donors (Lipinski definition) is 1. The summed E-state index contributed by atoms with van der Waals surface area (Å²) >= 11 is 9.37. The lowest BCUT2D eigenvalue weighted by atomic mass is 9.97. The van der Waals surface area contributed by atoms with Gasteiger partial charge in [0.2, 0.25) is 5.76 Å². The van der Waals surface area contributed by atoms with Gasteiger partial charge < -0.3 is 19.2 Å². The number of rotatable bonds is 3. The maximum atomic E-state index is 13.6. The van der Waals surface area contributed by atoms with Crippen LogP contribution in [-0.4, -0.2) is 49.0 Å². The van der Waals surface area contributed by atoms with E-state index in [0.717, 1.165) is 0 Å². The first-order valence-electron chi connectivity index (χ1n) is 9.97. The van der Waals surface area contributed by atoms with Gasteiger partial charge in [0.15, 0.2) is 26.8 Å². The summed E-state index contributed by atoms with van der Waals surface area (Å²) in [5, 5.41) is 10.8. The number of sulfone groups is 1. The topological polar surface area (TPSA) is 114 Å². The zero-order valence-electron chi connectivity index (χ0n) is 17.2. The van der Waals surface area contributed by atoms with Gasteiger partial charge in [-0.1, -0.05) is 11.6 Å². The second-order valence-electron chi connectivity index (χ2n) is 8.04. The Morgan fingerprint density at radius 3 is 2.67 bits per heavy atom. The molecule has 3 heterocycles. The van der Waals surface area contributed by atoms with Crippen LogP contribution in [0.3, 0.4) is 0 Å². The van der Waals surface area contributed by atoms with Crippen LogP contribution in [0, 0.1) is 0 Å². The van der Waals surface area contributed by atoms with Crippen molar-refractivity contribution in [3.05, 3.63) is 66.9 Å². The lowest BCUT2D eigenvalue weighted by molar-refractivity contribution is 0.0662. The van der Waals surface area contributed by atoms with Gasteiger partial charge in [-0.15, -0.1) is 0 Å². The lowest BCUT2D eigenvalue weighted by Gasteiger charge is -2.30. The molecule has 1 N–H and O–H groups in total. The Labute approximate surface area is 201 Å². The molecule has 1 amide bonds. The molecule has 2 aliphatic heterocycles. The average molecular weight is 555 g/mol. The third-order valence-corrected chi connectivity index (χ3v) is 8.65. The summed E-state index contributed by atoms with van der Waals surface area (Å²) in [6, 6.07) is 6.06. The molecule has 2 atom stereocenters. The Bertz CT molecular complexity index is 1500. The van der Waals surface area contributed by atoms with E-state index in [1.807, 2.05) is 0 Å². The van der Waals surface area contributed by atoms with E-state index in [1.54, 1.807) is 12.1 Å². The van der Waals surface area contributed by atoms with E-state index in [2.05, 4.69) is 15.9 Å². The number of carbonyl (C=O) groups is 1. The van der Waals surface area contributed by atoms with Crippen LogP contribution in [0.15, 0.2) is 44.0 Å². The van der Waals surface area contributed by atoms with Crippen molar-refractivity contribution >= 4 is 54.2 Å². The molecule has 3 aromatic rings. The Hall–Kier alpha value is -2.56. The van der Waals surface area contributed by atoms with Crippen molar-refractivity contribution in [1.82, 2.24) is 4.90 Å². The number of hydrogen-bond acceptors (Lipinski definition) is 7. The predicted molar refractivity (Wildman–Crippen MR) is 125 cm³/mol. The molecule has 0 bridgehead atoms. The average Bonchev–Trinajstić information content (AvgIpc) is 3.27. The number of aromatic hydroxyl groups is 1. The van der Waals surface area contributed by atoms with Gasteiger partial charge in [0.1, 0.15) is 5.58 Å². The fourth-order valence-corrected chi connectivity index (χ4v) is 6.91. The maximum absolute atomic E-state index is 13.6. The molecule has 0 saturated carbocycles. The summed E-state index contributed by atoms with van der Waals surface area (Å²) in [7, 11) is -1.95. The van der Waals surface area contributed by atoms with Crippen LogP contribution in [0.4, 0.5) is 0 Å². The fraction of sp³-hybridized carbons (Fsp3) is 0.273. The zero-order chi connectivity index (χ0) is 23.7. The molecule has 11 heteroatoms. The zero-order valence-corrected chi connectivity index (χ0v) is 20.3. The molecule has 2 aromatic carbocycles. The third-order valence-electron chi connectivity index (χ3n) is 6.06. The molecule has 8 nitrogen and oxygen atoms in total. The molecule has 0 radical (unpaired) electrons. The van der Waals surface area contributed by atoms with Crippen LogP contribution >= 0.6 is 27.5 Å². The van der Waals surface area contributed by atoms with Gasteiger partial charge in [-0.2, -0.15) is 0 Å². The highest BCUT2D eigenvalue weighted by Gasteiger charge is 2.48. The summed E-state index contributed by atoms with van der Waals surface area (Å²) < 4.78 is 35.8. The predicted octanol–water partition coefficient (Wildman–Crippen LogP) is 3.66. The third kappa shape index (κ3) is 3.51. The lowest BCUT2D eigenvalue weighted by Crippen LogP contribution is -2.40. The van der Waals surface area contributed by atoms with Crippen LogP contribution in [0.25, 0.3) is 11.0 Å². The second kappa shape index (κ2) is 7.75. The van der Waals surface area contributed by atoms with E-state index in [1.165, 1.54) is 30.2 Å². The number of methoxy groups -OCH3 is 1. The molecular weight excluding hydrogens is 538 g/mol. The quantitative estimate of drug-likeness (QED) is 0.526. The second-order valence-corrected chi connectivity index (χ2v) is 11.6. The number of halogens is 2. The van der Waals surface area contributed by atoms with Gasteiger partial charge in [0.25, 0.3) is 5.91 Å². The van der Waals surface area contributed by atoms with Crippen molar-refractivity contribution < 1.29 is 27.5 Å². The summed E-state index contributed by atoms with van der Waals surface area (Å²) in [6.45, 7) is 0. The number of nitrogens with zero attached hydrogens (tertiary/aromatic N) is 1. The van der Waals surface area contributed by atoms with Crippen molar-refractivity contribution in [2.75, 3.05) is 18.6 Å². The molecule has 5 rings (SSSR count). The van der Waals surface area contributed by atoms with Crippen LogP contribution < -0.4 is 10.2 Å². The van der Waals surface area contributed by atoms with Crippen LogP contribution in [0.2, 0.25) is 5.02 Å². The summed E-state index contributed by atoms with van der Waals surface area (Å²) in [4.78, 5) is 28.5. The number of carbonyl (C=O) groups excluding carboxylic acids is 1. The van der Waals surface area contributed by atoms with E-state index >= 15 is 0 Å². The van der Waals surface area contributed by atoms with Crippen molar-refractivity contribution in [3.63, 3.8) is 0 Å². The highest BCUT2D eigenvalue weighted by molar-refractivity contribution is 9.10. The van der Waals surface area contributed by atoms with E-state index in [4.69, 9.17) is 20.8 Å². The summed E-state index contributed by atoms with van der Waals surface area (Å²) in [5.41, 5.74) is 0.333. The van der Waals surface area contributed by atoms with Crippen molar-refractivity contribution in [2.45, 2.75) is 18.5 Å². The summed E-state index contributed by atoms with van der Waals surface area (Å²) in [5.74, 6) is -0.960. The van der Waals surface area contributed by atoms with E-state index in [9.17, 15) is 23.1 Å². The number of benzene rings is 2. The van der Waals surface area contributed by atoms with Crippen LogP contribution in [-0.2, 0) is 9.84 Å². The first-order valence-corrected chi connectivity index (χ1v) is 13.0. The summed E-state index contributed by atoms with van der Waals surface area (Å²) in [6.07, 6.45) is 0.245. The van der Waals surface area contributed by atoms with Gasteiger partial charge in [-0.3, -0.25) is 9.59 Å². The minimum absolute atomic E-state index is 0.0495. The number of phenols is 1. The Balaban J connectivity index is 1.80. The monoisotopic (exact) mass is 553 g/mol. The number of phenolic OH excluding ortho intramolecular Hbond substituents is 1. The molecule has 1 aromatic heterocycles. The minimum Gasteiger partial charge on any atom is -0.503 e. The highest BCUT2D eigenvalue weighted by Crippen LogP contribution is 2.45. The number of fused-ring (bicyclic) bond motifs is 2. The SMILES string of the molecule is COc1cc(C2c3c(oc4ccc(Cl)cc4c3=O)C(=O)N2C2CCS(=O)(=O)C2)cc(Br)c1O. The fourth-order valence-electron chi connectivity index (χ4n) is 4.57. The molecule has 172 valence electrons. The van der Waals surface area contributed by atoms with Gasteiger partial charge in [-0.05, 0) is 58.2 Å². The molecule has 1 fully saturated rings. The Morgan fingerprint density at radius 1 is 1.24 bits per heavy atom. The first-order chi connectivity index (χ1) is 15.6. The largest absolute Gasteiger partial charge is 0.503 e. The minimum atomic E-state index is -3.32. The molecule has 0 spiro atoms. The normalized spacial score (nSPS) is 21.5. The van der Waals surface area contributed by atoms with E-state index < -0.39 is 33.3 Å². The highest BCUT2D eigenvalue weighted by atomic mass is 79.9. The Kier molecular flexibility index (Phi) is 5.22. The Morgan fingerprint density at radius 2 is 2.00 bits per heavy atom. The number of amides is 1. The van der Waals surface area contributed by atoms with E-state index in [-0.39, 0.29) is 51.7 Å². The van der Waals surface area contributed by atoms with Gasteiger partial charge in [0.05, 0.1) is 40.1 Å². The molecule has 2 aliphatic rings. The van der Waals surface area contributed by atoms with Crippen LogP contribution in [0.5, 0.6) is 11.5 Å². The first kappa shape index (κ1) is 22.2. The maximum Gasteiger partial charge on any atom is 0.291 e. The van der Waals surface area contributed by atoms with Crippen molar-refractivity contribution in [2.24, 2.45) is 0 Å². The van der Waals surface area contributed by atoms with Crippen molar-refractivity contribution in [3.8, 4) is 11.5 Å². The van der Waals surface area contributed by atoms with E-state index in [0.29, 0.717) is 15.1 Å². The molecular formula is C22H17BrClNO7S. The number of ether oxygens (including phenoxy) is 1. The standard InChI is InChI=1S/C22H17BrClNO7S/c1-31-16-7-10(6-14(23)20(16)27)18-17-19(26)13-8-11(24)2-3-15(13)32-21(17)22(28)25(18)12-4-5-33(29,30)9-12/h2-3,6-8,12,18,27H,4-5,9H2,1H3. The van der Waals surface area contributed by atoms with Gasteiger partial charge in [0, 0.05) is 11.1 Å². The molecule has 2 unspecified atom stereocenters. The van der Waals surface area contributed by atoms with Gasteiger partial charge in [-0.25, -0.2) is 8.42 Å². The van der Waals surface area contributed by atoms with Gasteiger partial charge >= 0.3 is 0 Å². The smallest absolute Gasteiger partial charge is 0.291 e. The molecule has 0 aliphatic carbocycles. The van der Waals surface area contributed by atoms with Crippen LogP contribution in [0.1, 0.15) is 34.1 Å². The molecule has 1 saturated heterocycles. The molecule has 33 heavy (non-hydrogen) atoms.